The maximum absolute atomic E-state index is 8.78. The van der Waals surface area contributed by atoms with Crippen LogP contribution in [0.5, 0.6) is 0 Å². The molecule has 110 valence electrons. The van der Waals surface area contributed by atoms with Crippen molar-refractivity contribution in [1.82, 2.24) is 4.98 Å². The Morgan fingerprint density at radius 2 is 2.10 bits per heavy atom. The number of nitrogens with two attached hydrogens (primary N) is 1. The molecular weight excluding hydrogens is 254 g/mol. The molecule has 2 rings (SSSR count). The first-order valence-corrected chi connectivity index (χ1v) is 7.13. The molecule has 0 bridgehead atoms. The monoisotopic (exact) mass is 277 g/mol. The van der Waals surface area contributed by atoms with Crippen molar-refractivity contribution in [3.63, 3.8) is 0 Å². The van der Waals surface area contributed by atoms with Gasteiger partial charge in [0.25, 0.3) is 0 Å². The van der Waals surface area contributed by atoms with E-state index in [0.717, 1.165) is 18.4 Å². The van der Waals surface area contributed by atoms with Gasteiger partial charge >= 0.3 is 0 Å². The summed E-state index contributed by atoms with van der Waals surface area (Å²) in [5.41, 5.74) is 6.98. The summed E-state index contributed by atoms with van der Waals surface area (Å²) < 4.78 is 6.01. The maximum Gasteiger partial charge on any atom is 0.189 e. The van der Waals surface area contributed by atoms with Crippen molar-refractivity contribution in [3.05, 3.63) is 29.6 Å². The lowest BCUT2D eigenvalue weighted by Crippen LogP contribution is -2.26. The predicted octanol–water partition coefficient (Wildman–Crippen LogP) is 2.52. The summed E-state index contributed by atoms with van der Waals surface area (Å²) in [5, 5.41) is 11.8. The van der Waals surface area contributed by atoms with Gasteiger partial charge in [0, 0.05) is 11.8 Å². The van der Waals surface area contributed by atoms with Gasteiger partial charge in [-0.3, -0.25) is 4.98 Å². The third kappa shape index (κ3) is 3.70. The van der Waals surface area contributed by atoms with Gasteiger partial charge in [-0.25, -0.2) is 0 Å². The van der Waals surface area contributed by atoms with E-state index in [1.807, 2.05) is 12.1 Å². The molecule has 5 heteroatoms. The third-order valence-corrected chi connectivity index (χ3v) is 3.85. The predicted molar refractivity (Wildman–Crippen MR) is 77.5 cm³/mol. The zero-order valence-electron chi connectivity index (χ0n) is 12.1. The third-order valence-electron chi connectivity index (χ3n) is 3.85. The minimum absolute atomic E-state index is 0.0228. The highest BCUT2D eigenvalue weighted by atomic mass is 16.5. The van der Waals surface area contributed by atoms with E-state index in [4.69, 9.17) is 15.7 Å². The number of oxime groups is 1. The zero-order chi connectivity index (χ0) is 14.5. The van der Waals surface area contributed by atoms with Crippen LogP contribution in [0.4, 0.5) is 0 Å². The molecule has 2 atom stereocenters. The van der Waals surface area contributed by atoms with Gasteiger partial charge < -0.3 is 15.7 Å². The van der Waals surface area contributed by atoms with E-state index in [2.05, 4.69) is 24.0 Å². The summed E-state index contributed by atoms with van der Waals surface area (Å²) in [7, 11) is 0. The topological polar surface area (TPSA) is 80.7 Å². The lowest BCUT2D eigenvalue weighted by molar-refractivity contribution is -0.00930. The molecule has 1 aromatic heterocycles. The summed E-state index contributed by atoms with van der Waals surface area (Å²) in [6.45, 7) is 5.00. The largest absolute Gasteiger partial charge is 0.409 e. The summed E-state index contributed by atoms with van der Waals surface area (Å²) in [4.78, 5) is 4.15. The molecule has 5 nitrogen and oxygen atoms in total. The second kappa shape index (κ2) is 6.70. The lowest BCUT2D eigenvalue weighted by Gasteiger charge is -2.31. The number of nitrogens with zero attached hydrogens (tertiary/aromatic N) is 2. The van der Waals surface area contributed by atoms with E-state index in [1.165, 1.54) is 6.42 Å². The molecule has 0 spiro atoms. The SMILES string of the molecule is CC1CC(C)CC(OCc2cccnc2C(N)=NO)C1. The molecule has 1 fully saturated rings. The van der Waals surface area contributed by atoms with Crippen LogP contribution in [-0.4, -0.2) is 22.1 Å². The fourth-order valence-electron chi connectivity index (χ4n) is 3.05. The van der Waals surface area contributed by atoms with E-state index in [1.54, 1.807) is 6.20 Å². The van der Waals surface area contributed by atoms with Crippen LogP contribution in [0.25, 0.3) is 0 Å². The second-order valence-corrected chi connectivity index (χ2v) is 5.85. The molecular formula is C15H23N3O2. The number of pyridine rings is 1. The zero-order valence-corrected chi connectivity index (χ0v) is 12.1. The van der Waals surface area contributed by atoms with Crippen molar-refractivity contribution >= 4 is 5.84 Å². The highest BCUT2D eigenvalue weighted by molar-refractivity contribution is 5.96. The van der Waals surface area contributed by atoms with E-state index in [-0.39, 0.29) is 11.9 Å². The van der Waals surface area contributed by atoms with Crippen LogP contribution in [0.15, 0.2) is 23.5 Å². The molecule has 1 aliphatic rings. The molecule has 0 amide bonds. The van der Waals surface area contributed by atoms with Gasteiger partial charge in [-0.05, 0) is 37.2 Å². The molecule has 1 heterocycles. The molecule has 1 saturated carbocycles. The Morgan fingerprint density at radius 3 is 2.75 bits per heavy atom. The summed E-state index contributed by atoms with van der Waals surface area (Å²) >= 11 is 0. The normalized spacial score (nSPS) is 27.5. The molecule has 0 saturated heterocycles. The van der Waals surface area contributed by atoms with E-state index < -0.39 is 0 Å². The Balaban J connectivity index is 2.00. The highest BCUT2D eigenvalue weighted by Gasteiger charge is 2.24. The molecule has 1 aromatic rings. The fourth-order valence-corrected chi connectivity index (χ4v) is 3.05. The van der Waals surface area contributed by atoms with Gasteiger partial charge in [0.1, 0.15) is 5.69 Å². The average molecular weight is 277 g/mol. The van der Waals surface area contributed by atoms with Gasteiger partial charge in [-0.15, -0.1) is 0 Å². The number of aromatic nitrogens is 1. The van der Waals surface area contributed by atoms with Crippen LogP contribution in [0.3, 0.4) is 0 Å². The Hall–Kier alpha value is -1.62. The number of hydrogen-bond acceptors (Lipinski definition) is 4. The van der Waals surface area contributed by atoms with Gasteiger partial charge in [0.05, 0.1) is 12.7 Å². The molecule has 3 N–H and O–H groups in total. The van der Waals surface area contributed by atoms with Crippen LogP contribution >= 0.6 is 0 Å². The van der Waals surface area contributed by atoms with Crippen molar-refractivity contribution in [1.29, 1.82) is 0 Å². The molecule has 1 aliphatic carbocycles. The molecule has 0 aliphatic heterocycles. The minimum atomic E-state index is 0.0228. The number of ether oxygens (including phenoxy) is 1. The van der Waals surface area contributed by atoms with Crippen molar-refractivity contribution < 1.29 is 9.94 Å². The van der Waals surface area contributed by atoms with Crippen molar-refractivity contribution in [3.8, 4) is 0 Å². The number of hydrogen-bond donors (Lipinski definition) is 2. The lowest BCUT2D eigenvalue weighted by atomic mass is 9.82. The van der Waals surface area contributed by atoms with Gasteiger partial charge in [-0.1, -0.05) is 25.1 Å². The van der Waals surface area contributed by atoms with Crippen molar-refractivity contribution in [2.45, 2.75) is 45.8 Å². The van der Waals surface area contributed by atoms with Crippen LogP contribution in [0.2, 0.25) is 0 Å². The van der Waals surface area contributed by atoms with E-state index in [0.29, 0.717) is 24.1 Å². The number of amidine groups is 1. The van der Waals surface area contributed by atoms with E-state index >= 15 is 0 Å². The van der Waals surface area contributed by atoms with Crippen LogP contribution in [0, 0.1) is 11.8 Å². The average Bonchev–Trinajstić information content (AvgIpc) is 2.43. The summed E-state index contributed by atoms with van der Waals surface area (Å²) in [6.07, 6.45) is 5.39. The Kier molecular flexibility index (Phi) is 4.95. The Labute approximate surface area is 119 Å². The molecule has 0 aromatic carbocycles. The van der Waals surface area contributed by atoms with Gasteiger partial charge in [-0.2, -0.15) is 0 Å². The molecule has 20 heavy (non-hydrogen) atoms. The number of rotatable bonds is 4. The summed E-state index contributed by atoms with van der Waals surface area (Å²) in [6, 6.07) is 3.73. The first-order valence-electron chi connectivity index (χ1n) is 7.13. The first-order chi connectivity index (χ1) is 9.60. The van der Waals surface area contributed by atoms with Crippen LogP contribution < -0.4 is 5.73 Å². The molecule has 2 unspecified atom stereocenters. The Bertz CT molecular complexity index is 466. The standard InChI is InChI=1S/C15H23N3O2/c1-10-6-11(2)8-13(7-10)20-9-12-4-3-5-17-14(12)15(16)18-19/h3-5,10-11,13,19H,6-9H2,1-2H3,(H2,16,18). The van der Waals surface area contributed by atoms with E-state index in [9.17, 15) is 0 Å². The minimum Gasteiger partial charge on any atom is -0.409 e. The van der Waals surface area contributed by atoms with Gasteiger partial charge in [0.2, 0.25) is 0 Å². The van der Waals surface area contributed by atoms with Crippen LogP contribution in [-0.2, 0) is 11.3 Å². The van der Waals surface area contributed by atoms with Crippen molar-refractivity contribution in [2.75, 3.05) is 0 Å². The Morgan fingerprint density at radius 1 is 1.40 bits per heavy atom. The van der Waals surface area contributed by atoms with Gasteiger partial charge in [0.15, 0.2) is 5.84 Å². The molecule has 0 radical (unpaired) electrons. The summed E-state index contributed by atoms with van der Waals surface area (Å²) in [5.74, 6) is 1.44. The van der Waals surface area contributed by atoms with Crippen LogP contribution in [0.1, 0.15) is 44.4 Å². The smallest absolute Gasteiger partial charge is 0.189 e. The quantitative estimate of drug-likeness (QED) is 0.383. The maximum atomic E-state index is 8.78. The fraction of sp³-hybridized carbons (Fsp3) is 0.600. The second-order valence-electron chi connectivity index (χ2n) is 5.85. The highest BCUT2D eigenvalue weighted by Crippen LogP contribution is 2.30. The van der Waals surface area contributed by atoms with Crippen molar-refractivity contribution in [2.24, 2.45) is 22.7 Å². The first kappa shape index (κ1) is 14.8.